The first-order valence-corrected chi connectivity index (χ1v) is 8.69. The zero-order valence-corrected chi connectivity index (χ0v) is 15.9. The minimum atomic E-state index is -0.529. The molecular weight excluding hydrogens is 380 g/mol. The van der Waals surface area contributed by atoms with Crippen molar-refractivity contribution in [1.29, 1.82) is 0 Å². The summed E-state index contributed by atoms with van der Waals surface area (Å²) in [5, 5.41) is 6.01. The van der Waals surface area contributed by atoms with Crippen LogP contribution >= 0.6 is 11.6 Å². The van der Waals surface area contributed by atoms with Crippen LogP contribution in [0.3, 0.4) is 0 Å². The first-order chi connectivity index (χ1) is 13.5. The molecule has 0 atom stereocenters. The lowest BCUT2D eigenvalue weighted by Gasteiger charge is -2.09. The number of nitrogens with zero attached hydrogens (tertiary/aromatic N) is 2. The van der Waals surface area contributed by atoms with E-state index in [2.05, 4.69) is 25.3 Å². The molecule has 3 aromatic rings. The SMILES string of the molecule is COC(=O)c1ccc(Cl)c(NC(=O)c2cnc(Nc3ccc(C)cc3)cn2)c1. The van der Waals surface area contributed by atoms with Gasteiger partial charge in [-0.05, 0) is 37.3 Å². The maximum Gasteiger partial charge on any atom is 0.337 e. The van der Waals surface area contributed by atoms with Gasteiger partial charge in [0.25, 0.3) is 5.91 Å². The van der Waals surface area contributed by atoms with E-state index in [0.29, 0.717) is 5.82 Å². The van der Waals surface area contributed by atoms with Crippen LogP contribution in [0.4, 0.5) is 17.2 Å². The van der Waals surface area contributed by atoms with Crippen LogP contribution in [-0.2, 0) is 4.74 Å². The zero-order valence-electron chi connectivity index (χ0n) is 15.2. The van der Waals surface area contributed by atoms with Crippen LogP contribution in [0, 0.1) is 6.92 Å². The Morgan fingerprint density at radius 1 is 1.04 bits per heavy atom. The molecule has 0 spiro atoms. The van der Waals surface area contributed by atoms with Crippen molar-refractivity contribution >= 4 is 40.7 Å². The fraction of sp³-hybridized carbons (Fsp3) is 0.100. The number of amides is 1. The summed E-state index contributed by atoms with van der Waals surface area (Å²) in [5.41, 5.74) is 2.67. The van der Waals surface area contributed by atoms with Crippen molar-refractivity contribution in [2.24, 2.45) is 0 Å². The normalized spacial score (nSPS) is 10.2. The average Bonchev–Trinajstić information content (AvgIpc) is 2.71. The van der Waals surface area contributed by atoms with Crippen LogP contribution in [0.15, 0.2) is 54.9 Å². The van der Waals surface area contributed by atoms with Gasteiger partial charge in [0, 0.05) is 5.69 Å². The summed E-state index contributed by atoms with van der Waals surface area (Å²) in [5.74, 6) is -0.525. The highest BCUT2D eigenvalue weighted by Crippen LogP contribution is 2.24. The number of hydrogen-bond donors (Lipinski definition) is 2. The molecule has 2 N–H and O–H groups in total. The minimum Gasteiger partial charge on any atom is -0.465 e. The third-order valence-corrected chi connectivity index (χ3v) is 4.17. The second-order valence-corrected chi connectivity index (χ2v) is 6.33. The Kier molecular flexibility index (Phi) is 5.86. The number of rotatable bonds is 5. The zero-order chi connectivity index (χ0) is 20.1. The number of carbonyl (C=O) groups excluding carboxylic acids is 2. The van der Waals surface area contributed by atoms with Gasteiger partial charge in [-0.15, -0.1) is 0 Å². The predicted molar refractivity (Wildman–Crippen MR) is 107 cm³/mol. The number of benzene rings is 2. The number of nitrogens with one attached hydrogen (secondary N) is 2. The first kappa shape index (κ1) is 19.3. The highest BCUT2D eigenvalue weighted by Gasteiger charge is 2.14. The first-order valence-electron chi connectivity index (χ1n) is 8.31. The molecule has 28 heavy (non-hydrogen) atoms. The monoisotopic (exact) mass is 396 g/mol. The Bertz CT molecular complexity index is 1000. The largest absolute Gasteiger partial charge is 0.465 e. The highest BCUT2D eigenvalue weighted by atomic mass is 35.5. The summed E-state index contributed by atoms with van der Waals surface area (Å²) in [6.07, 6.45) is 2.81. The van der Waals surface area contributed by atoms with E-state index < -0.39 is 11.9 Å². The van der Waals surface area contributed by atoms with Crippen molar-refractivity contribution in [3.8, 4) is 0 Å². The van der Waals surface area contributed by atoms with Crippen LogP contribution in [0.2, 0.25) is 5.02 Å². The van der Waals surface area contributed by atoms with Crippen molar-refractivity contribution < 1.29 is 14.3 Å². The van der Waals surface area contributed by atoms with E-state index >= 15 is 0 Å². The smallest absolute Gasteiger partial charge is 0.337 e. The van der Waals surface area contributed by atoms with Crippen LogP contribution in [0.25, 0.3) is 0 Å². The van der Waals surface area contributed by atoms with Gasteiger partial charge < -0.3 is 15.4 Å². The Morgan fingerprint density at radius 3 is 2.43 bits per heavy atom. The molecule has 0 bridgehead atoms. The highest BCUT2D eigenvalue weighted by molar-refractivity contribution is 6.34. The maximum absolute atomic E-state index is 12.4. The number of hydrogen-bond acceptors (Lipinski definition) is 6. The third kappa shape index (κ3) is 4.63. The van der Waals surface area contributed by atoms with E-state index in [1.165, 1.54) is 37.7 Å². The molecule has 1 heterocycles. The number of aromatic nitrogens is 2. The van der Waals surface area contributed by atoms with Gasteiger partial charge in [-0.25, -0.2) is 14.8 Å². The summed E-state index contributed by atoms with van der Waals surface area (Å²) in [7, 11) is 1.27. The third-order valence-electron chi connectivity index (χ3n) is 3.84. The summed E-state index contributed by atoms with van der Waals surface area (Å²) >= 11 is 6.09. The molecule has 0 radical (unpaired) electrons. The lowest BCUT2D eigenvalue weighted by Crippen LogP contribution is -2.15. The van der Waals surface area contributed by atoms with Crippen LogP contribution in [-0.4, -0.2) is 29.0 Å². The second kappa shape index (κ2) is 8.49. The van der Waals surface area contributed by atoms with Gasteiger partial charge in [0.05, 0.1) is 35.8 Å². The second-order valence-electron chi connectivity index (χ2n) is 5.92. The van der Waals surface area contributed by atoms with Gasteiger partial charge >= 0.3 is 5.97 Å². The molecule has 8 heteroatoms. The van der Waals surface area contributed by atoms with E-state index in [1.54, 1.807) is 0 Å². The Hall–Kier alpha value is -3.45. The molecule has 0 saturated heterocycles. The van der Waals surface area contributed by atoms with E-state index in [9.17, 15) is 9.59 Å². The molecule has 0 aliphatic rings. The van der Waals surface area contributed by atoms with E-state index in [4.69, 9.17) is 11.6 Å². The summed E-state index contributed by atoms with van der Waals surface area (Å²) in [4.78, 5) is 32.4. The molecule has 0 unspecified atom stereocenters. The molecule has 3 rings (SSSR count). The number of methoxy groups -OCH3 is 1. The fourth-order valence-electron chi connectivity index (χ4n) is 2.35. The lowest BCUT2D eigenvalue weighted by molar-refractivity contribution is 0.0600. The molecule has 0 fully saturated rings. The Labute approximate surface area is 166 Å². The Morgan fingerprint density at radius 2 is 1.79 bits per heavy atom. The fourth-order valence-corrected chi connectivity index (χ4v) is 2.51. The van der Waals surface area contributed by atoms with E-state index in [0.717, 1.165) is 11.3 Å². The molecule has 2 aromatic carbocycles. The number of carbonyl (C=O) groups is 2. The van der Waals surface area contributed by atoms with Crippen molar-refractivity contribution in [2.75, 3.05) is 17.7 Å². The topological polar surface area (TPSA) is 93.2 Å². The van der Waals surface area contributed by atoms with Crippen LogP contribution in [0.5, 0.6) is 0 Å². The number of ether oxygens (including phenoxy) is 1. The average molecular weight is 397 g/mol. The molecule has 1 aromatic heterocycles. The van der Waals surface area contributed by atoms with E-state index in [1.807, 2.05) is 31.2 Å². The molecule has 1 amide bonds. The molecule has 0 aliphatic carbocycles. The van der Waals surface area contributed by atoms with Crippen LogP contribution in [0.1, 0.15) is 26.4 Å². The molecular formula is C20H17ClN4O3. The van der Waals surface area contributed by atoms with Gasteiger partial charge in [0.2, 0.25) is 0 Å². The number of aryl methyl sites for hydroxylation is 1. The number of halogens is 1. The Balaban J connectivity index is 1.71. The van der Waals surface area contributed by atoms with Gasteiger partial charge in [0.1, 0.15) is 11.5 Å². The van der Waals surface area contributed by atoms with Crippen LogP contribution < -0.4 is 10.6 Å². The summed E-state index contributed by atoms with van der Waals surface area (Å²) in [6, 6.07) is 12.3. The minimum absolute atomic E-state index is 0.106. The van der Waals surface area contributed by atoms with Crippen molar-refractivity contribution in [3.63, 3.8) is 0 Å². The van der Waals surface area contributed by atoms with Crippen molar-refractivity contribution in [3.05, 3.63) is 76.7 Å². The van der Waals surface area contributed by atoms with Gasteiger partial charge in [0.15, 0.2) is 0 Å². The molecule has 7 nitrogen and oxygen atoms in total. The van der Waals surface area contributed by atoms with Crippen molar-refractivity contribution in [1.82, 2.24) is 9.97 Å². The summed E-state index contributed by atoms with van der Waals surface area (Å²) < 4.78 is 4.67. The molecule has 142 valence electrons. The standard InChI is InChI=1S/C20H17ClN4O3/c1-12-3-6-14(7-4-12)24-18-11-22-17(10-23-18)19(26)25-16-9-13(20(27)28-2)5-8-15(16)21/h3-11H,1-2H3,(H,23,24)(H,25,26). The quantitative estimate of drug-likeness (QED) is 0.627. The lowest BCUT2D eigenvalue weighted by atomic mass is 10.2. The summed E-state index contributed by atoms with van der Waals surface area (Å²) in [6.45, 7) is 2.00. The van der Waals surface area contributed by atoms with Gasteiger partial charge in [-0.1, -0.05) is 29.3 Å². The molecule has 0 saturated carbocycles. The predicted octanol–water partition coefficient (Wildman–Crippen LogP) is 4.22. The van der Waals surface area contributed by atoms with Gasteiger partial charge in [-0.3, -0.25) is 4.79 Å². The number of esters is 1. The number of anilines is 3. The van der Waals surface area contributed by atoms with Crippen molar-refractivity contribution in [2.45, 2.75) is 6.92 Å². The van der Waals surface area contributed by atoms with Gasteiger partial charge in [-0.2, -0.15) is 0 Å². The maximum atomic E-state index is 12.4. The molecule has 0 aliphatic heterocycles. The van der Waals surface area contributed by atoms with E-state index in [-0.39, 0.29) is 22.0 Å².